The number of aromatic nitrogens is 1. The first kappa shape index (κ1) is 16.4. The highest BCUT2D eigenvalue weighted by Crippen LogP contribution is 2.34. The van der Waals surface area contributed by atoms with Crippen molar-refractivity contribution < 1.29 is 10.1 Å². The zero-order chi connectivity index (χ0) is 16.9. The SMILES string of the molecule is COc1cc(C#Cc2ccc([NH2+]CC3CC3)c(N=N)c2Cl)ccn1. The summed E-state index contributed by atoms with van der Waals surface area (Å²) in [5, 5.41) is 6.13. The summed E-state index contributed by atoms with van der Waals surface area (Å²) in [7, 11) is 1.56. The molecule has 0 radical (unpaired) electrons. The maximum absolute atomic E-state index is 7.42. The summed E-state index contributed by atoms with van der Waals surface area (Å²) in [6, 6.07) is 7.37. The smallest absolute Gasteiger partial charge is 0.214 e. The minimum Gasteiger partial charge on any atom is -0.481 e. The van der Waals surface area contributed by atoms with E-state index in [-0.39, 0.29) is 0 Å². The van der Waals surface area contributed by atoms with Gasteiger partial charge in [-0.3, -0.25) is 0 Å². The fourth-order valence-electron chi connectivity index (χ4n) is 2.34. The third-order valence-corrected chi connectivity index (χ3v) is 4.30. The molecule has 1 saturated carbocycles. The lowest BCUT2D eigenvalue weighted by Crippen LogP contribution is -2.78. The number of nitrogens with zero attached hydrogens (tertiary/aromatic N) is 2. The highest BCUT2D eigenvalue weighted by atomic mass is 35.5. The van der Waals surface area contributed by atoms with Crippen LogP contribution < -0.4 is 10.1 Å². The molecule has 2 aromatic rings. The Kier molecular flexibility index (Phi) is 5.09. The van der Waals surface area contributed by atoms with Gasteiger partial charge in [0.15, 0.2) is 11.4 Å². The summed E-state index contributed by atoms with van der Waals surface area (Å²) in [5.41, 5.74) is 10.2. The Balaban J connectivity index is 1.85. The first-order chi connectivity index (χ1) is 11.7. The summed E-state index contributed by atoms with van der Waals surface area (Å²) < 4.78 is 5.09. The second-order valence-electron chi connectivity index (χ2n) is 5.70. The average Bonchev–Trinajstić information content (AvgIpc) is 3.43. The van der Waals surface area contributed by atoms with Crippen LogP contribution in [0.15, 0.2) is 35.6 Å². The zero-order valence-corrected chi connectivity index (χ0v) is 14.1. The van der Waals surface area contributed by atoms with Gasteiger partial charge in [0, 0.05) is 35.4 Å². The number of methoxy groups -OCH3 is 1. The molecule has 0 amide bonds. The number of quaternary nitrogens is 1. The lowest BCUT2D eigenvalue weighted by Gasteiger charge is -2.06. The molecule has 1 aromatic carbocycles. The molecule has 0 bridgehead atoms. The van der Waals surface area contributed by atoms with E-state index >= 15 is 0 Å². The molecule has 0 spiro atoms. The van der Waals surface area contributed by atoms with Gasteiger partial charge in [-0.05, 0) is 25.0 Å². The molecule has 6 heteroatoms. The average molecular weight is 342 g/mol. The number of rotatable bonds is 5. The minimum absolute atomic E-state index is 0.420. The van der Waals surface area contributed by atoms with E-state index in [4.69, 9.17) is 21.9 Å². The fourth-order valence-corrected chi connectivity index (χ4v) is 2.60. The highest BCUT2D eigenvalue weighted by molar-refractivity contribution is 6.34. The van der Waals surface area contributed by atoms with E-state index in [1.165, 1.54) is 12.8 Å². The highest BCUT2D eigenvalue weighted by Gasteiger charge is 2.24. The summed E-state index contributed by atoms with van der Waals surface area (Å²) in [6.07, 6.45) is 4.22. The Morgan fingerprint density at radius 3 is 2.92 bits per heavy atom. The fraction of sp³-hybridized carbons (Fsp3) is 0.278. The van der Waals surface area contributed by atoms with E-state index in [0.717, 1.165) is 23.7 Å². The predicted molar refractivity (Wildman–Crippen MR) is 92.2 cm³/mol. The van der Waals surface area contributed by atoms with E-state index in [1.54, 1.807) is 25.4 Å². The maximum atomic E-state index is 7.42. The van der Waals surface area contributed by atoms with E-state index in [9.17, 15) is 0 Å². The second-order valence-corrected chi connectivity index (χ2v) is 6.07. The molecule has 0 atom stereocenters. The molecule has 0 saturated heterocycles. The van der Waals surface area contributed by atoms with Crippen LogP contribution in [0.25, 0.3) is 0 Å². The molecule has 1 aromatic heterocycles. The lowest BCUT2D eigenvalue weighted by molar-refractivity contribution is -0.574. The lowest BCUT2D eigenvalue weighted by atomic mass is 10.1. The maximum Gasteiger partial charge on any atom is 0.214 e. The number of benzene rings is 1. The molecule has 1 aliphatic rings. The third kappa shape index (κ3) is 3.91. The summed E-state index contributed by atoms with van der Waals surface area (Å²) in [6.45, 7) is 1.01. The van der Waals surface area contributed by atoms with E-state index in [1.807, 2.05) is 12.1 Å². The van der Waals surface area contributed by atoms with Gasteiger partial charge in [0.2, 0.25) is 5.88 Å². The van der Waals surface area contributed by atoms with Crippen LogP contribution in [0.2, 0.25) is 5.02 Å². The zero-order valence-electron chi connectivity index (χ0n) is 13.3. The van der Waals surface area contributed by atoms with Crippen LogP contribution in [0.4, 0.5) is 11.4 Å². The van der Waals surface area contributed by atoms with Crippen molar-refractivity contribution in [2.75, 3.05) is 13.7 Å². The normalized spacial score (nSPS) is 13.1. The van der Waals surface area contributed by atoms with Crippen molar-refractivity contribution in [3.05, 3.63) is 46.6 Å². The number of ether oxygens (including phenoxy) is 1. The van der Waals surface area contributed by atoms with Gasteiger partial charge in [0.25, 0.3) is 0 Å². The summed E-state index contributed by atoms with van der Waals surface area (Å²) in [5.74, 6) is 7.37. The van der Waals surface area contributed by atoms with Crippen LogP contribution in [-0.2, 0) is 0 Å². The number of nitrogens with one attached hydrogen (secondary N) is 1. The van der Waals surface area contributed by atoms with E-state index < -0.39 is 0 Å². The molecule has 1 heterocycles. The Morgan fingerprint density at radius 2 is 2.21 bits per heavy atom. The molecule has 0 unspecified atom stereocenters. The molecule has 1 aliphatic carbocycles. The van der Waals surface area contributed by atoms with Crippen LogP contribution in [0, 0.1) is 23.3 Å². The van der Waals surface area contributed by atoms with Crippen molar-refractivity contribution in [3.63, 3.8) is 0 Å². The van der Waals surface area contributed by atoms with Crippen molar-refractivity contribution in [3.8, 4) is 17.7 Å². The van der Waals surface area contributed by atoms with Crippen LogP contribution in [0.5, 0.6) is 5.88 Å². The number of halogens is 1. The number of pyridine rings is 1. The molecule has 5 nitrogen and oxygen atoms in total. The van der Waals surface area contributed by atoms with Crippen LogP contribution in [0.3, 0.4) is 0 Å². The van der Waals surface area contributed by atoms with Crippen LogP contribution in [0.1, 0.15) is 24.0 Å². The number of nitrogens with two attached hydrogens (primary N) is 1. The van der Waals surface area contributed by atoms with Gasteiger partial charge in [0.1, 0.15) is 0 Å². The minimum atomic E-state index is 0.420. The summed E-state index contributed by atoms with van der Waals surface area (Å²) in [4.78, 5) is 4.05. The molecule has 1 fully saturated rings. The van der Waals surface area contributed by atoms with E-state index in [2.05, 4.69) is 27.3 Å². The largest absolute Gasteiger partial charge is 0.481 e. The Morgan fingerprint density at radius 1 is 1.38 bits per heavy atom. The van der Waals surface area contributed by atoms with Crippen LogP contribution >= 0.6 is 11.6 Å². The molecule has 3 rings (SSSR count). The van der Waals surface area contributed by atoms with Gasteiger partial charge in [-0.25, -0.2) is 10.5 Å². The Hall–Kier alpha value is -2.42. The van der Waals surface area contributed by atoms with Crippen molar-refractivity contribution >= 4 is 23.0 Å². The molecule has 24 heavy (non-hydrogen) atoms. The molecule has 3 N–H and O–H groups in total. The van der Waals surface area contributed by atoms with Crippen molar-refractivity contribution in [1.29, 1.82) is 5.53 Å². The second kappa shape index (κ2) is 7.43. The topological polar surface area (TPSA) is 74.9 Å². The number of hydrogen-bond donors (Lipinski definition) is 2. The predicted octanol–water partition coefficient (Wildman–Crippen LogP) is 3.41. The number of hydrogen-bond acceptors (Lipinski definition) is 4. The van der Waals surface area contributed by atoms with Gasteiger partial charge in [0.05, 0.1) is 18.7 Å². The quantitative estimate of drug-likeness (QED) is 0.497. The van der Waals surface area contributed by atoms with Gasteiger partial charge in [-0.15, -0.1) is 0 Å². The van der Waals surface area contributed by atoms with E-state index in [0.29, 0.717) is 22.2 Å². The monoisotopic (exact) mass is 341 g/mol. The molecule has 122 valence electrons. The Labute approximate surface area is 145 Å². The first-order valence-electron chi connectivity index (χ1n) is 7.76. The Bertz CT molecular complexity index is 821. The van der Waals surface area contributed by atoms with Gasteiger partial charge in [-0.2, -0.15) is 5.11 Å². The third-order valence-electron chi connectivity index (χ3n) is 3.91. The van der Waals surface area contributed by atoms with Gasteiger partial charge in [-0.1, -0.05) is 23.4 Å². The summed E-state index contributed by atoms with van der Waals surface area (Å²) >= 11 is 6.40. The molecular weight excluding hydrogens is 324 g/mol. The standard InChI is InChI=1S/C18H17ClN4O/c1-24-16-10-12(8-9-21-16)4-5-14-6-7-15(18(23-20)17(14)19)22-11-13-2-3-13/h6-10,13,20,22H,2-3,11H2,1H3/p+1. The van der Waals surface area contributed by atoms with Crippen molar-refractivity contribution in [2.24, 2.45) is 11.0 Å². The van der Waals surface area contributed by atoms with Gasteiger partial charge >= 0.3 is 0 Å². The molecular formula is C18H18ClN4O+. The van der Waals surface area contributed by atoms with Crippen molar-refractivity contribution in [1.82, 2.24) is 4.98 Å². The first-order valence-corrected chi connectivity index (χ1v) is 8.14. The molecule has 0 aliphatic heterocycles. The van der Waals surface area contributed by atoms with Gasteiger partial charge < -0.3 is 10.1 Å². The van der Waals surface area contributed by atoms with Crippen LogP contribution in [-0.4, -0.2) is 18.6 Å². The van der Waals surface area contributed by atoms with Crippen molar-refractivity contribution in [2.45, 2.75) is 12.8 Å².